The van der Waals surface area contributed by atoms with Crippen LogP contribution >= 0.6 is 11.6 Å². The van der Waals surface area contributed by atoms with Gasteiger partial charge in [-0.1, -0.05) is 30.9 Å². The number of furan rings is 1. The van der Waals surface area contributed by atoms with Crippen LogP contribution in [0.4, 0.5) is 0 Å². The van der Waals surface area contributed by atoms with Crippen molar-refractivity contribution in [3.05, 3.63) is 35.6 Å². The number of amides is 1. The van der Waals surface area contributed by atoms with Gasteiger partial charge in [0.05, 0.1) is 5.54 Å². The van der Waals surface area contributed by atoms with Gasteiger partial charge in [-0.25, -0.2) is 0 Å². The number of aryl methyl sites for hydroxylation is 1. The maximum absolute atomic E-state index is 12.5. The minimum Gasteiger partial charge on any atom is -0.451 e. The predicted octanol–water partition coefficient (Wildman–Crippen LogP) is 4.41. The molecular formula is C17H20ClNO2. The molecule has 1 fully saturated rings. The molecule has 2 aromatic rings. The number of benzene rings is 1. The molecule has 0 spiro atoms. The fourth-order valence-corrected chi connectivity index (χ4v) is 3.43. The van der Waals surface area contributed by atoms with Crippen molar-refractivity contribution in [3.8, 4) is 0 Å². The van der Waals surface area contributed by atoms with Crippen molar-refractivity contribution in [3.63, 3.8) is 0 Å². The van der Waals surface area contributed by atoms with Crippen molar-refractivity contribution in [1.29, 1.82) is 0 Å². The molecule has 1 N–H and O–H groups in total. The van der Waals surface area contributed by atoms with Crippen molar-refractivity contribution in [2.45, 2.75) is 44.6 Å². The molecule has 1 heterocycles. The minimum atomic E-state index is -0.272. The molecule has 0 aliphatic heterocycles. The van der Waals surface area contributed by atoms with Gasteiger partial charge in [0.25, 0.3) is 5.91 Å². The lowest BCUT2D eigenvalue weighted by atomic mass is 9.83. The summed E-state index contributed by atoms with van der Waals surface area (Å²) in [6.07, 6.45) is 5.35. The Morgan fingerprint density at radius 3 is 2.76 bits per heavy atom. The fraction of sp³-hybridized carbons (Fsp3) is 0.471. The van der Waals surface area contributed by atoms with Crippen LogP contribution in [0.25, 0.3) is 11.0 Å². The van der Waals surface area contributed by atoms with Crippen LogP contribution < -0.4 is 5.32 Å². The third-order valence-corrected chi connectivity index (χ3v) is 4.85. The average molecular weight is 306 g/mol. The van der Waals surface area contributed by atoms with Crippen LogP contribution in [0.15, 0.2) is 28.7 Å². The number of fused-ring (bicyclic) bond motifs is 1. The quantitative estimate of drug-likeness (QED) is 0.853. The van der Waals surface area contributed by atoms with Crippen molar-refractivity contribution in [2.24, 2.45) is 0 Å². The molecule has 4 heteroatoms. The van der Waals surface area contributed by atoms with Gasteiger partial charge in [-0.05, 0) is 38.0 Å². The maximum atomic E-state index is 12.5. The Bertz CT molecular complexity index is 656. The molecule has 1 aliphatic rings. The summed E-state index contributed by atoms with van der Waals surface area (Å²) in [6.45, 7) is 2.02. The summed E-state index contributed by atoms with van der Waals surface area (Å²) in [6, 6.07) is 7.71. The Morgan fingerprint density at radius 1 is 1.29 bits per heavy atom. The smallest absolute Gasteiger partial charge is 0.287 e. The molecule has 0 bridgehead atoms. The van der Waals surface area contributed by atoms with Gasteiger partial charge in [0, 0.05) is 11.3 Å². The topological polar surface area (TPSA) is 42.2 Å². The highest BCUT2D eigenvalue weighted by Crippen LogP contribution is 2.30. The standard InChI is InChI=1S/C17H20ClNO2/c1-12-5-6-14-13(9-12)10-15(21-14)16(20)19-17(11-18)7-3-2-4-8-17/h5-6,9-10H,2-4,7-8,11H2,1H3,(H,19,20). The van der Waals surface area contributed by atoms with Gasteiger partial charge < -0.3 is 9.73 Å². The van der Waals surface area contributed by atoms with Gasteiger partial charge in [0.15, 0.2) is 5.76 Å². The van der Waals surface area contributed by atoms with E-state index in [1.165, 1.54) is 6.42 Å². The Balaban J connectivity index is 1.82. The molecule has 1 aromatic heterocycles. The summed E-state index contributed by atoms with van der Waals surface area (Å²) in [7, 11) is 0. The number of rotatable bonds is 3. The van der Waals surface area contributed by atoms with Crippen molar-refractivity contribution < 1.29 is 9.21 Å². The SMILES string of the molecule is Cc1ccc2oc(C(=O)NC3(CCl)CCCCC3)cc2c1. The first-order valence-corrected chi connectivity index (χ1v) is 8.04. The van der Waals surface area contributed by atoms with E-state index in [0.29, 0.717) is 11.6 Å². The van der Waals surface area contributed by atoms with Crippen LogP contribution in [0.1, 0.15) is 48.2 Å². The zero-order valence-corrected chi connectivity index (χ0v) is 13.0. The molecule has 0 radical (unpaired) electrons. The second-order valence-corrected chi connectivity index (χ2v) is 6.35. The van der Waals surface area contributed by atoms with E-state index in [0.717, 1.165) is 42.2 Å². The third kappa shape index (κ3) is 2.93. The minimum absolute atomic E-state index is 0.161. The highest BCUT2D eigenvalue weighted by Gasteiger charge is 2.33. The number of alkyl halides is 1. The normalized spacial score (nSPS) is 17.8. The molecule has 1 aliphatic carbocycles. The van der Waals surface area contributed by atoms with E-state index in [4.69, 9.17) is 16.0 Å². The Morgan fingerprint density at radius 2 is 2.05 bits per heavy atom. The van der Waals surface area contributed by atoms with E-state index in [-0.39, 0.29) is 11.4 Å². The average Bonchev–Trinajstić information content (AvgIpc) is 2.91. The molecule has 3 nitrogen and oxygen atoms in total. The number of carbonyl (C=O) groups excluding carboxylic acids is 1. The molecule has 112 valence electrons. The first kappa shape index (κ1) is 14.5. The molecule has 1 saturated carbocycles. The van der Waals surface area contributed by atoms with Crippen LogP contribution in [0, 0.1) is 6.92 Å². The Hall–Kier alpha value is -1.48. The molecule has 1 aromatic carbocycles. The third-order valence-electron chi connectivity index (χ3n) is 4.34. The summed E-state index contributed by atoms with van der Waals surface area (Å²) < 4.78 is 5.66. The summed E-state index contributed by atoms with van der Waals surface area (Å²) in [5, 5.41) is 4.07. The summed E-state index contributed by atoms with van der Waals surface area (Å²) >= 11 is 6.12. The zero-order valence-electron chi connectivity index (χ0n) is 12.2. The summed E-state index contributed by atoms with van der Waals surface area (Å²) in [5.41, 5.74) is 1.63. The molecule has 21 heavy (non-hydrogen) atoms. The largest absolute Gasteiger partial charge is 0.451 e. The second-order valence-electron chi connectivity index (χ2n) is 6.08. The number of halogens is 1. The molecular weight excluding hydrogens is 286 g/mol. The summed E-state index contributed by atoms with van der Waals surface area (Å²) in [4.78, 5) is 12.5. The maximum Gasteiger partial charge on any atom is 0.287 e. The van der Waals surface area contributed by atoms with Crippen molar-refractivity contribution in [2.75, 3.05) is 5.88 Å². The fourth-order valence-electron chi connectivity index (χ4n) is 3.10. The van der Waals surface area contributed by atoms with Crippen LogP contribution in [-0.2, 0) is 0 Å². The monoisotopic (exact) mass is 305 g/mol. The molecule has 0 atom stereocenters. The zero-order chi connectivity index (χ0) is 14.9. The van der Waals surface area contributed by atoms with Crippen LogP contribution in [-0.4, -0.2) is 17.3 Å². The Labute approximate surface area is 129 Å². The van der Waals surface area contributed by atoms with E-state index in [9.17, 15) is 4.79 Å². The first-order chi connectivity index (χ1) is 10.1. The lowest BCUT2D eigenvalue weighted by molar-refractivity contribution is 0.0858. The molecule has 0 saturated heterocycles. The molecule has 0 unspecified atom stereocenters. The number of hydrogen-bond acceptors (Lipinski definition) is 2. The summed E-state index contributed by atoms with van der Waals surface area (Å²) in [5.74, 6) is 0.662. The van der Waals surface area contributed by atoms with E-state index >= 15 is 0 Å². The van der Waals surface area contributed by atoms with Gasteiger partial charge >= 0.3 is 0 Å². The predicted molar refractivity (Wildman–Crippen MR) is 85.0 cm³/mol. The number of hydrogen-bond donors (Lipinski definition) is 1. The number of nitrogens with one attached hydrogen (secondary N) is 1. The van der Waals surface area contributed by atoms with E-state index in [1.807, 2.05) is 31.2 Å². The lowest BCUT2D eigenvalue weighted by Gasteiger charge is -2.36. The Kier molecular flexibility index (Phi) is 3.94. The van der Waals surface area contributed by atoms with Crippen molar-refractivity contribution in [1.82, 2.24) is 5.32 Å². The molecule has 3 rings (SSSR count). The van der Waals surface area contributed by atoms with E-state index in [1.54, 1.807) is 0 Å². The van der Waals surface area contributed by atoms with Crippen LogP contribution in [0.2, 0.25) is 0 Å². The highest BCUT2D eigenvalue weighted by atomic mass is 35.5. The van der Waals surface area contributed by atoms with Gasteiger partial charge in [-0.3, -0.25) is 4.79 Å². The molecule has 1 amide bonds. The van der Waals surface area contributed by atoms with Gasteiger partial charge in [-0.2, -0.15) is 0 Å². The van der Waals surface area contributed by atoms with E-state index < -0.39 is 0 Å². The van der Waals surface area contributed by atoms with Gasteiger partial charge in [0.2, 0.25) is 0 Å². The van der Waals surface area contributed by atoms with Gasteiger partial charge in [-0.15, -0.1) is 11.6 Å². The second kappa shape index (κ2) is 5.72. The highest BCUT2D eigenvalue weighted by molar-refractivity contribution is 6.19. The van der Waals surface area contributed by atoms with Gasteiger partial charge in [0.1, 0.15) is 5.58 Å². The lowest BCUT2D eigenvalue weighted by Crippen LogP contribution is -2.51. The van der Waals surface area contributed by atoms with Crippen molar-refractivity contribution >= 4 is 28.5 Å². The number of carbonyl (C=O) groups is 1. The van der Waals surface area contributed by atoms with Crippen LogP contribution in [0.3, 0.4) is 0 Å². The first-order valence-electron chi connectivity index (χ1n) is 7.51. The van der Waals surface area contributed by atoms with Crippen LogP contribution in [0.5, 0.6) is 0 Å². The van der Waals surface area contributed by atoms with E-state index in [2.05, 4.69) is 5.32 Å².